The number of rotatable bonds is 1. The number of carbonyl (C=O) groups is 1. The Morgan fingerprint density at radius 2 is 1.61 bits per heavy atom. The summed E-state index contributed by atoms with van der Waals surface area (Å²) in [6, 6.07) is 12.8. The van der Waals surface area contributed by atoms with Gasteiger partial charge in [-0.25, -0.2) is 0 Å². The summed E-state index contributed by atoms with van der Waals surface area (Å²) in [5, 5.41) is 2.48. The van der Waals surface area contributed by atoms with Crippen LogP contribution in [0, 0.1) is 5.41 Å². The molecule has 0 bridgehead atoms. The van der Waals surface area contributed by atoms with Crippen LogP contribution in [0.25, 0.3) is 16.8 Å². The van der Waals surface area contributed by atoms with Gasteiger partial charge in [0.05, 0.1) is 5.41 Å². The Labute approximate surface area is 137 Å². The van der Waals surface area contributed by atoms with E-state index in [-0.39, 0.29) is 11.3 Å². The minimum Gasteiger partial charge on any atom is -0.302 e. The Balaban J connectivity index is 2.20. The van der Waals surface area contributed by atoms with Crippen LogP contribution in [-0.2, 0) is 10.2 Å². The second-order valence-corrected chi connectivity index (χ2v) is 7.76. The van der Waals surface area contributed by atoms with Gasteiger partial charge in [0.2, 0.25) is 5.91 Å². The Morgan fingerprint density at radius 3 is 2.17 bits per heavy atom. The molecule has 0 saturated carbocycles. The molecule has 2 N–H and O–H groups in total. The van der Waals surface area contributed by atoms with Gasteiger partial charge in [0.25, 0.3) is 0 Å². The predicted octanol–water partition coefficient (Wildman–Crippen LogP) is 4.14. The van der Waals surface area contributed by atoms with Gasteiger partial charge >= 0.3 is 0 Å². The van der Waals surface area contributed by atoms with Crippen molar-refractivity contribution in [2.24, 2.45) is 5.41 Å². The Bertz CT molecular complexity index is 810. The maximum atomic E-state index is 11.9. The lowest BCUT2D eigenvalue weighted by Crippen LogP contribution is -2.28. The Hall–Kier alpha value is -2.29. The first-order valence-electron chi connectivity index (χ1n) is 8.02. The molecule has 0 unspecified atom stereocenters. The zero-order valence-corrected chi connectivity index (χ0v) is 14.4. The number of carbonyl (C=O) groups excluding carboxylic acids is 1. The molecular weight excluding hydrogens is 284 g/mol. The third-order valence-corrected chi connectivity index (χ3v) is 4.62. The molecule has 3 heteroatoms. The largest absolute Gasteiger partial charge is 0.302 e. The van der Waals surface area contributed by atoms with E-state index in [1.54, 1.807) is 0 Å². The fourth-order valence-electron chi connectivity index (χ4n) is 3.03. The maximum Gasteiger partial charge on any atom is 0.249 e. The van der Waals surface area contributed by atoms with Gasteiger partial charge in [0.1, 0.15) is 0 Å². The molecule has 0 radical (unpaired) electrons. The van der Waals surface area contributed by atoms with Gasteiger partial charge in [0, 0.05) is 5.70 Å². The van der Waals surface area contributed by atoms with E-state index in [4.69, 9.17) is 0 Å². The second kappa shape index (κ2) is 5.12. The molecule has 0 atom stereocenters. The van der Waals surface area contributed by atoms with E-state index < -0.39 is 5.41 Å². The highest BCUT2D eigenvalue weighted by Gasteiger charge is 2.37. The molecule has 1 saturated heterocycles. The molecule has 0 spiro atoms. The lowest BCUT2D eigenvalue weighted by molar-refractivity contribution is -0.125. The summed E-state index contributed by atoms with van der Waals surface area (Å²) in [5.41, 5.74) is 8.64. The number of amides is 1. The minimum atomic E-state index is -0.538. The van der Waals surface area contributed by atoms with Crippen molar-refractivity contribution in [3.05, 3.63) is 53.2 Å². The maximum absolute atomic E-state index is 11.9. The number of nitrogens with one attached hydrogen (secondary N) is 2. The summed E-state index contributed by atoms with van der Waals surface area (Å²) in [5.74, 6) is -0.000586. The van der Waals surface area contributed by atoms with Gasteiger partial charge in [-0.05, 0) is 47.2 Å². The summed E-state index contributed by atoms with van der Waals surface area (Å²) in [4.78, 5) is 11.9. The van der Waals surface area contributed by atoms with Crippen molar-refractivity contribution in [2.75, 3.05) is 0 Å². The van der Waals surface area contributed by atoms with Crippen LogP contribution in [0.4, 0.5) is 0 Å². The van der Waals surface area contributed by atoms with E-state index in [1.807, 2.05) is 13.8 Å². The third kappa shape index (κ3) is 2.61. The molecule has 23 heavy (non-hydrogen) atoms. The highest BCUT2D eigenvalue weighted by molar-refractivity contribution is 5.95. The first kappa shape index (κ1) is 15.6. The molecule has 3 nitrogen and oxygen atoms in total. The van der Waals surface area contributed by atoms with Gasteiger partial charge in [-0.15, -0.1) is 0 Å². The van der Waals surface area contributed by atoms with E-state index in [9.17, 15) is 4.79 Å². The SMILES string of the molecule is CC1(C)C(=O)NN/C1=C\c1ccc(C(C)(C)C)c2ccccc12. The molecule has 0 aliphatic carbocycles. The average Bonchev–Trinajstić information content (AvgIpc) is 2.73. The average molecular weight is 308 g/mol. The molecule has 2 aromatic rings. The number of hydrazine groups is 1. The quantitative estimate of drug-likeness (QED) is 0.831. The molecule has 3 rings (SSSR count). The lowest BCUT2D eigenvalue weighted by atomic mass is 9.82. The molecule has 120 valence electrons. The molecule has 1 fully saturated rings. The topological polar surface area (TPSA) is 41.1 Å². The fraction of sp³-hybridized carbons (Fsp3) is 0.350. The van der Waals surface area contributed by atoms with E-state index in [0.717, 1.165) is 11.3 Å². The van der Waals surface area contributed by atoms with E-state index in [1.165, 1.54) is 16.3 Å². The van der Waals surface area contributed by atoms with Crippen molar-refractivity contribution in [2.45, 2.75) is 40.0 Å². The summed E-state index contributed by atoms with van der Waals surface area (Å²) in [6.45, 7) is 10.6. The van der Waals surface area contributed by atoms with Crippen molar-refractivity contribution in [3.63, 3.8) is 0 Å². The van der Waals surface area contributed by atoms with Crippen LogP contribution in [-0.4, -0.2) is 5.91 Å². The molecular formula is C20H24N2O. The van der Waals surface area contributed by atoms with Crippen LogP contribution in [0.5, 0.6) is 0 Å². The molecule has 0 aromatic heterocycles. The Kier molecular flexibility index (Phi) is 3.47. The first-order valence-corrected chi connectivity index (χ1v) is 8.02. The molecule has 1 heterocycles. The van der Waals surface area contributed by atoms with Crippen molar-refractivity contribution in [1.29, 1.82) is 0 Å². The normalized spacial score (nSPS) is 19.0. The van der Waals surface area contributed by atoms with Crippen LogP contribution >= 0.6 is 0 Å². The van der Waals surface area contributed by atoms with E-state index in [0.29, 0.717) is 0 Å². The highest BCUT2D eigenvalue weighted by atomic mass is 16.2. The van der Waals surface area contributed by atoms with E-state index in [2.05, 4.69) is 74.1 Å². The predicted molar refractivity (Wildman–Crippen MR) is 95.7 cm³/mol. The lowest BCUT2D eigenvalue weighted by Gasteiger charge is -2.22. The van der Waals surface area contributed by atoms with Crippen molar-refractivity contribution in [3.8, 4) is 0 Å². The first-order chi connectivity index (χ1) is 10.7. The monoisotopic (exact) mass is 308 g/mol. The van der Waals surface area contributed by atoms with Crippen LogP contribution in [0.15, 0.2) is 42.1 Å². The second-order valence-electron chi connectivity index (χ2n) is 7.76. The molecule has 1 aliphatic heterocycles. The van der Waals surface area contributed by atoms with Gasteiger partial charge in [-0.2, -0.15) is 0 Å². The smallest absolute Gasteiger partial charge is 0.249 e. The van der Waals surface area contributed by atoms with Gasteiger partial charge in [-0.3, -0.25) is 10.2 Å². The van der Waals surface area contributed by atoms with Crippen molar-refractivity contribution >= 4 is 22.8 Å². The molecule has 1 amide bonds. The summed E-state index contributed by atoms with van der Waals surface area (Å²) < 4.78 is 0. The van der Waals surface area contributed by atoms with Gasteiger partial charge < -0.3 is 5.43 Å². The highest BCUT2D eigenvalue weighted by Crippen LogP contribution is 2.35. The van der Waals surface area contributed by atoms with Gasteiger partial charge in [0.15, 0.2) is 0 Å². The number of hydrogen-bond acceptors (Lipinski definition) is 2. The van der Waals surface area contributed by atoms with Crippen molar-refractivity contribution in [1.82, 2.24) is 10.9 Å². The zero-order chi connectivity index (χ0) is 16.8. The number of fused-ring (bicyclic) bond motifs is 1. The molecule has 2 aromatic carbocycles. The van der Waals surface area contributed by atoms with E-state index >= 15 is 0 Å². The zero-order valence-electron chi connectivity index (χ0n) is 14.4. The summed E-state index contributed by atoms with van der Waals surface area (Å²) in [6.07, 6.45) is 2.08. The molecule has 1 aliphatic rings. The summed E-state index contributed by atoms with van der Waals surface area (Å²) >= 11 is 0. The van der Waals surface area contributed by atoms with Crippen LogP contribution in [0.3, 0.4) is 0 Å². The van der Waals surface area contributed by atoms with Gasteiger partial charge in [-0.1, -0.05) is 57.2 Å². The van der Waals surface area contributed by atoms with Crippen LogP contribution < -0.4 is 10.9 Å². The minimum absolute atomic E-state index is 0.000586. The van der Waals surface area contributed by atoms with Crippen LogP contribution in [0.1, 0.15) is 45.7 Å². The Morgan fingerprint density at radius 1 is 0.957 bits per heavy atom. The third-order valence-electron chi connectivity index (χ3n) is 4.62. The number of benzene rings is 2. The van der Waals surface area contributed by atoms with Crippen LogP contribution in [0.2, 0.25) is 0 Å². The number of hydrogen-bond donors (Lipinski definition) is 2. The van der Waals surface area contributed by atoms with Crippen molar-refractivity contribution < 1.29 is 4.79 Å². The fourth-order valence-corrected chi connectivity index (χ4v) is 3.03. The summed E-state index contributed by atoms with van der Waals surface area (Å²) in [7, 11) is 0. The standard InChI is InChI=1S/C20H24N2O/c1-19(2,3)16-11-10-13(14-8-6-7-9-15(14)16)12-17-20(4,5)18(23)22-21-17/h6-12,21H,1-5H3,(H,22,23)/b17-12-.